The zero-order chi connectivity index (χ0) is 28.6. The molecule has 0 aliphatic carbocycles. The number of benzene rings is 2. The molecule has 0 bridgehead atoms. The van der Waals surface area contributed by atoms with E-state index in [0.29, 0.717) is 33.0 Å². The monoisotopic (exact) mass is 559 g/mol. The molecule has 7 nitrogen and oxygen atoms in total. The lowest BCUT2D eigenvalue weighted by atomic mass is 9.96. The number of aromatic nitrogens is 2. The molecule has 0 N–H and O–H groups in total. The molecule has 1 aliphatic heterocycles. The van der Waals surface area contributed by atoms with Gasteiger partial charge in [-0.1, -0.05) is 23.5 Å². The van der Waals surface area contributed by atoms with E-state index in [1.807, 2.05) is 61.7 Å². The van der Waals surface area contributed by atoms with Gasteiger partial charge in [0, 0.05) is 17.1 Å². The number of esters is 1. The molecule has 0 saturated carbocycles. The van der Waals surface area contributed by atoms with Crippen molar-refractivity contribution in [3.05, 3.63) is 114 Å². The van der Waals surface area contributed by atoms with E-state index in [0.717, 1.165) is 28.2 Å². The van der Waals surface area contributed by atoms with Crippen LogP contribution in [-0.4, -0.2) is 28.3 Å². The zero-order valence-corrected chi connectivity index (χ0v) is 23.8. The highest BCUT2D eigenvalue weighted by Crippen LogP contribution is 2.31. The van der Waals surface area contributed by atoms with Crippen LogP contribution in [0.25, 0.3) is 11.8 Å². The lowest BCUT2D eigenvalue weighted by Crippen LogP contribution is -2.39. The van der Waals surface area contributed by atoms with E-state index in [1.54, 1.807) is 30.5 Å². The van der Waals surface area contributed by atoms with Gasteiger partial charge in [0.25, 0.3) is 5.56 Å². The highest BCUT2D eigenvalue weighted by atomic mass is 32.1. The van der Waals surface area contributed by atoms with Gasteiger partial charge in [-0.25, -0.2) is 14.2 Å². The van der Waals surface area contributed by atoms with E-state index in [1.165, 1.54) is 23.5 Å². The van der Waals surface area contributed by atoms with Crippen LogP contribution in [0.3, 0.4) is 0 Å². The molecule has 2 aromatic heterocycles. The highest BCUT2D eigenvalue weighted by Gasteiger charge is 2.33. The van der Waals surface area contributed by atoms with Crippen LogP contribution in [0.4, 0.5) is 4.39 Å². The number of rotatable bonds is 7. The average Bonchev–Trinajstić information content (AvgIpc) is 3.38. The minimum Gasteiger partial charge on any atom is -0.494 e. The number of halogens is 1. The average molecular weight is 560 g/mol. The Bertz CT molecular complexity index is 1790. The van der Waals surface area contributed by atoms with Crippen LogP contribution in [0.5, 0.6) is 5.75 Å². The molecule has 1 unspecified atom stereocenters. The molecule has 0 amide bonds. The van der Waals surface area contributed by atoms with Crippen LogP contribution >= 0.6 is 11.3 Å². The Hall–Kier alpha value is -4.24. The van der Waals surface area contributed by atoms with Crippen molar-refractivity contribution in [1.29, 1.82) is 0 Å². The first-order valence-corrected chi connectivity index (χ1v) is 13.9. The summed E-state index contributed by atoms with van der Waals surface area (Å²) in [5.74, 6) is -0.0968. The second kappa shape index (κ2) is 11.1. The third-order valence-corrected chi connectivity index (χ3v) is 7.85. The van der Waals surface area contributed by atoms with Gasteiger partial charge in [0.05, 0.1) is 35.1 Å². The number of nitrogens with zero attached hydrogens (tertiary/aromatic N) is 3. The molecule has 0 saturated heterocycles. The fourth-order valence-electron chi connectivity index (χ4n) is 5.08. The van der Waals surface area contributed by atoms with Crippen molar-refractivity contribution in [2.45, 2.75) is 40.7 Å². The van der Waals surface area contributed by atoms with E-state index in [4.69, 9.17) is 9.47 Å². The number of thiazole rings is 1. The number of aryl methyl sites for hydroxylation is 1. The number of fused-ring (bicyclic) bond motifs is 1. The number of hydrogen-bond acceptors (Lipinski definition) is 6. The number of allylic oxidation sites excluding steroid dienone is 1. The SMILES string of the molecule is CCOC(=O)C1=C(C)N=c2s/c(=C\c3cc(C)n(-c4ccc(F)cc4)c3C)c(=O)n2C1c1ccc(OCC)cc1. The van der Waals surface area contributed by atoms with Gasteiger partial charge in [-0.15, -0.1) is 0 Å². The lowest BCUT2D eigenvalue weighted by Gasteiger charge is -2.24. The highest BCUT2D eigenvalue weighted by molar-refractivity contribution is 7.07. The van der Waals surface area contributed by atoms with Gasteiger partial charge in [0.2, 0.25) is 0 Å². The summed E-state index contributed by atoms with van der Waals surface area (Å²) in [5, 5.41) is 0. The van der Waals surface area contributed by atoms with Crippen LogP contribution < -0.4 is 19.6 Å². The summed E-state index contributed by atoms with van der Waals surface area (Å²) in [5.41, 5.74) is 4.93. The second-order valence-electron chi connectivity index (χ2n) is 9.44. The summed E-state index contributed by atoms with van der Waals surface area (Å²) in [6, 6.07) is 15.0. The first-order chi connectivity index (χ1) is 19.2. The minimum absolute atomic E-state index is 0.208. The van der Waals surface area contributed by atoms with Crippen molar-refractivity contribution in [3.63, 3.8) is 0 Å². The number of carbonyl (C=O) groups is 1. The lowest BCUT2D eigenvalue weighted by molar-refractivity contribution is -0.139. The van der Waals surface area contributed by atoms with Gasteiger partial charge in [-0.05, 0) is 94.3 Å². The third kappa shape index (κ3) is 4.93. The summed E-state index contributed by atoms with van der Waals surface area (Å²) < 4.78 is 28.6. The Balaban J connectivity index is 1.66. The summed E-state index contributed by atoms with van der Waals surface area (Å²) >= 11 is 1.28. The van der Waals surface area contributed by atoms with E-state index in [-0.39, 0.29) is 18.0 Å². The van der Waals surface area contributed by atoms with Crippen LogP contribution in [0, 0.1) is 19.7 Å². The Morgan fingerprint density at radius 3 is 2.40 bits per heavy atom. The molecular weight excluding hydrogens is 529 g/mol. The molecule has 1 atom stereocenters. The molecule has 0 fully saturated rings. The maximum Gasteiger partial charge on any atom is 0.338 e. The van der Waals surface area contributed by atoms with Crippen LogP contribution in [0.1, 0.15) is 49.3 Å². The van der Waals surface area contributed by atoms with Gasteiger partial charge in [-0.3, -0.25) is 9.36 Å². The summed E-state index contributed by atoms with van der Waals surface area (Å²) in [7, 11) is 0. The molecule has 2 aromatic carbocycles. The van der Waals surface area contributed by atoms with Gasteiger partial charge in [0.1, 0.15) is 11.6 Å². The zero-order valence-electron chi connectivity index (χ0n) is 23.0. The predicted octanol–water partition coefficient (Wildman–Crippen LogP) is 4.74. The van der Waals surface area contributed by atoms with Crippen molar-refractivity contribution >= 4 is 23.4 Å². The van der Waals surface area contributed by atoms with Crippen molar-refractivity contribution in [1.82, 2.24) is 9.13 Å². The van der Waals surface area contributed by atoms with E-state index in [9.17, 15) is 14.0 Å². The number of ether oxygens (including phenoxy) is 2. The van der Waals surface area contributed by atoms with E-state index >= 15 is 0 Å². The molecule has 4 aromatic rings. The molecule has 0 spiro atoms. The standard InChI is InChI=1S/C31H30FN3O4S/c1-6-38-25-14-8-21(9-15-25)28-27(30(37)39-7-2)19(4)33-31-35(28)29(36)26(40-31)17-22-16-18(3)34(20(22)5)24-12-10-23(32)11-13-24/h8-17,28H,6-7H2,1-5H3/b26-17-. The molecule has 40 heavy (non-hydrogen) atoms. The quantitative estimate of drug-likeness (QED) is 0.307. The van der Waals surface area contributed by atoms with Crippen LogP contribution in [-0.2, 0) is 9.53 Å². The summed E-state index contributed by atoms with van der Waals surface area (Å²) in [6.07, 6.45) is 1.85. The van der Waals surface area contributed by atoms with Crippen molar-refractivity contribution in [3.8, 4) is 11.4 Å². The minimum atomic E-state index is -0.695. The van der Waals surface area contributed by atoms with E-state index < -0.39 is 12.0 Å². The van der Waals surface area contributed by atoms with Crippen molar-refractivity contribution < 1.29 is 18.7 Å². The fourth-order valence-corrected chi connectivity index (χ4v) is 6.12. The molecular formula is C31H30FN3O4S. The van der Waals surface area contributed by atoms with Crippen LogP contribution in [0.15, 0.2) is 75.7 Å². The molecule has 9 heteroatoms. The Kier molecular flexibility index (Phi) is 7.58. The third-order valence-electron chi connectivity index (χ3n) is 6.87. The largest absolute Gasteiger partial charge is 0.494 e. The second-order valence-corrected chi connectivity index (χ2v) is 10.5. The van der Waals surface area contributed by atoms with Gasteiger partial charge < -0.3 is 14.0 Å². The smallest absolute Gasteiger partial charge is 0.338 e. The Labute approximate surface area is 235 Å². The molecule has 0 radical (unpaired) electrons. The first-order valence-electron chi connectivity index (χ1n) is 13.1. The van der Waals surface area contributed by atoms with Crippen molar-refractivity contribution in [2.24, 2.45) is 4.99 Å². The van der Waals surface area contributed by atoms with Gasteiger partial charge in [0.15, 0.2) is 4.80 Å². The maximum absolute atomic E-state index is 13.9. The maximum atomic E-state index is 13.9. The molecule has 1 aliphatic rings. The Morgan fingerprint density at radius 2 is 1.75 bits per heavy atom. The normalized spacial score (nSPS) is 15.2. The summed E-state index contributed by atoms with van der Waals surface area (Å²) in [4.78, 5) is 32.2. The number of carbonyl (C=O) groups excluding carboxylic acids is 1. The first kappa shape index (κ1) is 27.3. The topological polar surface area (TPSA) is 74.8 Å². The number of hydrogen-bond donors (Lipinski definition) is 0. The predicted molar refractivity (Wildman–Crippen MR) is 153 cm³/mol. The molecule has 5 rings (SSSR count). The fraction of sp³-hybridized carbons (Fsp3) is 0.258. The van der Waals surface area contributed by atoms with Crippen molar-refractivity contribution in [2.75, 3.05) is 13.2 Å². The molecule has 206 valence electrons. The summed E-state index contributed by atoms with van der Waals surface area (Å²) in [6.45, 7) is 10.1. The van der Waals surface area contributed by atoms with Gasteiger partial charge in [-0.2, -0.15) is 0 Å². The molecule has 3 heterocycles. The van der Waals surface area contributed by atoms with Gasteiger partial charge >= 0.3 is 5.97 Å². The van der Waals surface area contributed by atoms with E-state index in [2.05, 4.69) is 4.99 Å². The van der Waals surface area contributed by atoms with Crippen LogP contribution in [0.2, 0.25) is 0 Å². The Morgan fingerprint density at radius 1 is 1.05 bits per heavy atom.